The van der Waals surface area contributed by atoms with Gasteiger partial charge >= 0.3 is 5.97 Å². The average molecular weight is 332 g/mol. The highest BCUT2D eigenvalue weighted by Crippen LogP contribution is 2.26. The van der Waals surface area contributed by atoms with Crippen LogP contribution in [0.2, 0.25) is 5.02 Å². The second kappa shape index (κ2) is 7.60. The van der Waals surface area contributed by atoms with Gasteiger partial charge in [0.2, 0.25) is 0 Å². The van der Waals surface area contributed by atoms with Crippen molar-refractivity contribution in [2.75, 3.05) is 7.11 Å². The van der Waals surface area contributed by atoms with E-state index in [1.807, 2.05) is 37.3 Å². The van der Waals surface area contributed by atoms with Crippen LogP contribution in [0.3, 0.4) is 0 Å². The van der Waals surface area contributed by atoms with Crippen LogP contribution in [0.5, 0.6) is 0 Å². The SMILES string of the molecule is CCc1nc(-c2ccc(Cl)cc2)cc(CC(C)C)c1C(=O)OC. The summed E-state index contributed by atoms with van der Waals surface area (Å²) < 4.78 is 4.97. The summed E-state index contributed by atoms with van der Waals surface area (Å²) in [6.07, 6.45) is 1.48. The van der Waals surface area contributed by atoms with E-state index < -0.39 is 0 Å². The number of benzene rings is 1. The van der Waals surface area contributed by atoms with Gasteiger partial charge in [-0.05, 0) is 42.5 Å². The fraction of sp³-hybridized carbons (Fsp3) is 0.368. The summed E-state index contributed by atoms with van der Waals surface area (Å²) in [4.78, 5) is 16.9. The highest BCUT2D eigenvalue weighted by Gasteiger charge is 2.20. The van der Waals surface area contributed by atoms with Gasteiger partial charge in [-0.2, -0.15) is 0 Å². The molecule has 3 nitrogen and oxygen atoms in total. The summed E-state index contributed by atoms with van der Waals surface area (Å²) in [6.45, 7) is 6.27. The van der Waals surface area contributed by atoms with Crippen molar-refractivity contribution in [3.05, 3.63) is 52.2 Å². The van der Waals surface area contributed by atoms with Crippen LogP contribution in [-0.4, -0.2) is 18.1 Å². The van der Waals surface area contributed by atoms with Crippen LogP contribution in [0.1, 0.15) is 42.4 Å². The van der Waals surface area contributed by atoms with E-state index in [0.717, 1.165) is 28.9 Å². The lowest BCUT2D eigenvalue weighted by atomic mass is 9.94. The van der Waals surface area contributed by atoms with E-state index in [2.05, 4.69) is 18.8 Å². The Morgan fingerprint density at radius 1 is 1.26 bits per heavy atom. The van der Waals surface area contributed by atoms with Gasteiger partial charge in [0.05, 0.1) is 24.1 Å². The summed E-state index contributed by atoms with van der Waals surface area (Å²) in [5, 5.41) is 0.693. The minimum atomic E-state index is -0.312. The third-order valence-corrected chi connectivity index (χ3v) is 3.92. The normalized spacial score (nSPS) is 10.9. The van der Waals surface area contributed by atoms with E-state index in [1.54, 1.807) is 0 Å². The Morgan fingerprint density at radius 2 is 1.91 bits per heavy atom. The van der Waals surface area contributed by atoms with Crippen molar-refractivity contribution in [1.29, 1.82) is 0 Å². The number of aryl methyl sites for hydroxylation is 1. The first-order valence-corrected chi connectivity index (χ1v) is 8.21. The molecule has 23 heavy (non-hydrogen) atoms. The van der Waals surface area contributed by atoms with E-state index >= 15 is 0 Å². The smallest absolute Gasteiger partial charge is 0.339 e. The molecule has 0 amide bonds. The molecule has 0 fully saturated rings. The lowest BCUT2D eigenvalue weighted by Gasteiger charge is -2.16. The van der Waals surface area contributed by atoms with Crippen molar-refractivity contribution in [3.8, 4) is 11.3 Å². The zero-order valence-corrected chi connectivity index (χ0v) is 14.8. The van der Waals surface area contributed by atoms with E-state index in [-0.39, 0.29) is 5.97 Å². The lowest BCUT2D eigenvalue weighted by molar-refractivity contribution is 0.0597. The van der Waals surface area contributed by atoms with Gasteiger partial charge in [0.15, 0.2) is 0 Å². The first kappa shape index (κ1) is 17.5. The van der Waals surface area contributed by atoms with Crippen molar-refractivity contribution in [2.24, 2.45) is 5.92 Å². The Labute approximate surface area is 142 Å². The molecule has 0 unspecified atom stereocenters. The number of ether oxygens (including phenoxy) is 1. The van der Waals surface area contributed by atoms with Crippen molar-refractivity contribution >= 4 is 17.6 Å². The third kappa shape index (κ3) is 4.11. The molecule has 0 radical (unpaired) electrons. The Balaban J connectivity index is 2.62. The number of pyridine rings is 1. The van der Waals surface area contributed by atoms with Crippen molar-refractivity contribution in [1.82, 2.24) is 4.98 Å². The number of halogens is 1. The minimum Gasteiger partial charge on any atom is -0.465 e. The van der Waals surface area contributed by atoms with Crippen molar-refractivity contribution in [3.63, 3.8) is 0 Å². The molecule has 0 N–H and O–H groups in total. The number of hydrogen-bond acceptors (Lipinski definition) is 3. The summed E-state index contributed by atoms with van der Waals surface area (Å²) in [5.74, 6) is 0.122. The summed E-state index contributed by atoms with van der Waals surface area (Å²) in [6, 6.07) is 9.58. The number of rotatable bonds is 5. The predicted molar refractivity (Wildman–Crippen MR) is 93.9 cm³/mol. The maximum atomic E-state index is 12.2. The van der Waals surface area contributed by atoms with E-state index in [1.165, 1.54) is 7.11 Å². The molecular formula is C19H22ClNO2. The molecule has 0 bridgehead atoms. The molecule has 0 saturated heterocycles. The fourth-order valence-corrected chi connectivity index (χ4v) is 2.76. The van der Waals surface area contributed by atoms with Crippen molar-refractivity contribution in [2.45, 2.75) is 33.6 Å². The third-order valence-electron chi connectivity index (χ3n) is 3.67. The quantitative estimate of drug-likeness (QED) is 0.728. The van der Waals surface area contributed by atoms with Gasteiger partial charge in [0, 0.05) is 10.6 Å². The Kier molecular flexibility index (Phi) is 5.78. The molecule has 1 heterocycles. The second-order valence-corrected chi connectivity index (χ2v) is 6.37. The summed E-state index contributed by atoms with van der Waals surface area (Å²) in [7, 11) is 1.41. The molecule has 1 aromatic carbocycles. The number of aromatic nitrogens is 1. The Morgan fingerprint density at radius 3 is 2.43 bits per heavy atom. The van der Waals surface area contributed by atoms with Gasteiger partial charge < -0.3 is 4.74 Å². The standard InChI is InChI=1S/C19H22ClNO2/c1-5-16-18(19(22)23-4)14(10-12(2)3)11-17(21-16)13-6-8-15(20)9-7-13/h6-9,11-12H,5,10H2,1-4H3. The summed E-state index contributed by atoms with van der Waals surface area (Å²) in [5.41, 5.74) is 4.23. The first-order chi connectivity index (χ1) is 11.0. The van der Waals surface area contributed by atoms with Crippen LogP contribution in [0, 0.1) is 5.92 Å². The van der Waals surface area contributed by atoms with Crippen molar-refractivity contribution < 1.29 is 9.53 Å². The van der Waals surface area contributed by atoms with Gasteiger partial charge in [0.1, 0.15) is 0 Å². The molecular weight excluding hydrogens is 310 g/mol. The first-order valence-electron chi connectivity index (χ1n) is 7.83. The molecule has 2 rings (SSSR count). The largest absolute Gasteiger partial charge is 0.465 e. The van der Waals surface area contributed by atoms with E-state index in [0.29, 0.717) is 22.9 Å². The molecule has 0 aliphatic carbocycles. The summed E-state index contributed by atoms with van der Waals surface area (Å²) >= 11 is 5.96. The topological polar surface area (TPSA) is 39.2 Å². The number of nitrogens with zero attached hydrogens (tertiary/aromatic N) is 1. The average Bonchev–Trinajstić information content (AvgIpc) is 2.53. The zero-order chi connectivity index (χ0) is 17.0. The molecule has 0 spiro atoms. The van der Waals surface area contributed by atoms with Gasteiger partial charge in [-0.3, -0.25) is 4.98 Å². The monoisotopic (exact) mass is 331 g/mol. The van der Waals surface area contributed by atoms with Gasteiger partial charge in [-0.25, -0.2) is 4.79 Å². The lowest BCUT2D eigenvalue weighted by Crippen LogP contribution is -2.13. The van der Waals surface area contributed by atoms with Crippen LogP contribution in [0.4, 0.5) is 0 Å². The molecule has 0 aliphatic rings. The molecule has 2 aromatic rings. The number of methoxy groups -OCH3 is 1. The maximum absolute atomic E-state index is 12.2. The molecule has 0 saturated carbocycles. The zero-order valence-electron chi connectivity index (χ0n) is 14.0. The highest BCUT2D eigenvalue weighted by atomic mass is 35.5. The minimum absolute atomic E-state index is 0.312. The van der Waals surface area contributed by atoms with E-state index in [9.17, 15) is 4.79 Å². The van der Waals surface area contributed by atoms with Gasteiger partial charge in [0.25, 0.3) is 0 Å². The number of esters is 1. The molecule has 0 atom stereocenters. The van der Waals surface area contributed by atoms with E-state index in [4.69, 9.17) is 16.3 Å². The molecule has 4 heteroatoms. The van der Waals surface area contributed by atoms with Crippen LogP contribution in [-0.2, 0) is 17.6 Å². The Bertz CT molecular complexity index is 693. The maximum Gasteiger partial charge on any atom is 0.339 e. The van der Waals surface area contributed by atoms with Crippen LogP contribution < -0.4 is 0 Å². The number of carbonyl (C=O) groups excluding carboxylic acids is 1. The molecule has 0 aliphatic heterocycles. The fourth-order valence-electron chi connectivity index (χ4n) is 2.63. The van der Waals surface area contributed by atoms with Gasteiger partial charge in [-0.15, -0.1) is 0 Å². The van der Waals surface area contributed by atoms with Crippen LogP contribution >= 0.6 is 11.6 Å². The van der Waals surface area contributed by atoms with Crippen LogP contribution in [0.15, 0.2) is 30.3 Å². The van der Waals surface area contributed by atoms with Crippen LogP contribution in [0.25, 0.3) is 11.3 Å². The molecule has 122 valence electrons. The predicted octanol–water partition coefficient (Wildman–Crippen LogP) is 4.95. The number of hydrogen-bond donors (Lipinski definition) is 0. The second-order valence-electron chi connectivity index (χ2n) is 5.94. The highest BCUT2D eigenvalue weighted by molar-refractivity contribution is 6.30. The molecule has 1 aromatic heterocycles. The Hall–Kier alpha value is -1.87. The van der Waals surface area contributed by atoms with Gasteiger partial charge in [-0.1, -0.05) is 44.5 Å². The number of carbonyl (C=O) groups is 1.